The third-order valence-corrected chi connectivity index (χ3v) is 2.91. The molecule has 0 saturated heterocycles. The Morgan fingerprint density at radius 2 is 2.19 bits per heavy atom. The summed E-state index contributed by atoms with van der Waals surface area (Å²) >= 11 is 0. The molecule has 0 atom stereocenters. The molecule has 1 aromatic carbocycles. The molecule has 0 bridgehead atoms. The predicted octanol–water partition coefficient (Wildman–Crippen LogP) is 3.38. The second kappa shape index (κ2) is 4.69. The number of ether oxygens (including phenoxy) is 1. The Hall–Kier alpha value is -1.31. The quantitative estimate of drug-likeness (QED) is 0.708. The van der Waals surface area contributed by atoms with Gasteiger partial charge in [-0.2, -0.15) is 0 Å². The largest absolute Gasteiger partial charge is 0.493 e. The highest BCUT2D eigenvalue weighted by Gasteiger charge is 2.26. The molecule has 0 radical (unpaired) electrons. The summed E-state index contributed by atoms with van der Waals surface area (Å²) in [6.07, 6.45) is 3.10. The number of hydrogen-bond donors (Lipinski definition) is 0. The summed E-state index contributed by atoms with van der Waals surface area (Å²) in [4.78, 5) is 12.1. The lowest BCUT2D eigenvalue weighted by molar-refractivity contribution is 0.0972. The predicted molar refractivity (Wildman–Crippen MR) is 64.0 cm³/mol. The van der Waals surface area contributed by atoms with Crippen molar-refractivity contribution in [1.29, 1.82) is 0 Å². The highest BCUT2D eigenvalue weighted by Crippen LogP contribution is 2.34. The average Bonchev–Trinajstić information content (AvgIpc) is 3.05. The molecule has 2 heteroatoms. The van der Waals surface area contributed by atoms with Crippen LogP contribution >= 0.6 is 0 Å². The van der Waals surface area contributed by atoms with Gasteiger partial charge in [0.25, 0.3) is 0 Å². The maximum Gasteiger partial charge on any atom is 0.166 e. The molecular weight excluding hydrogens is 200 g/mol. The van der Waals surface area contributed by atoms with Gasteiger partial charge in [0.2, 0.25) is 0 Å². The zero-order valence-electron chi connectivity index (χ0n) is 9.95. The second-order valence-corrected chi connectivity index (χ2v) is 4.50. The highest BCUT2D eigenvalue weighted by molar-refractivity contribution is 5.99. The minimum absolute atomic E-state index is 0.231. The van der Waals surface area contributed by atoms with Crippen LogP contribution in [-0.2, 0) is 0 Å². The van der Waals surface area contributed by atoms with Crippen molar-refractivity contribution in [3.63, 3.8) is 0 Å². The van der Waals surface area contributed by atoms with E-state index >= 15 is 0 Å². The fraction of sp³-hybridized carbons (Fsp3) is 0.500. The van der Waals surface area contributed by atoms with Gasteiger partial charge >= 0.3 is 0 Å². The van der Waals surface area contributed by atoms with Crippen molar-refractivity contribution in [3.05, 3.63) is 29.3 Å². The van der Waals surface area contributed by atoms with Gasteiger partial charge in [0, 0.05) is 6.42 Å². The van der Waals surface area contributed by atoms with Crippen LogP contribution in [0.15, 0.2) is 18.2 Å². The highest BCUT2D eigenvalue weighted by atomic mass is 16.5. The van der Waals surface area contributed by atoms with E-state index in [0.717, 1.165) is 16.9 Å². The van der Waals surface area contributed by atoms with Gasteiger partial charge in [0.1, 0.15) is 5.75 Å². The molecule has 1 fully saturated rings. The van der Waals surface area contributed by atoms with Crippen molar-refractivity contribution in [2.45, 2.75) is 33.1 Å². The van der Waals surface area contributed by atoms with Crippen LogP contribution in [0.1, 0.15) is 42.1 Å². The molecule has 1 saturated carbocycles. The lowest BCUT2D eigenvalue weighted by Gasteiger charge is -2.10. The van der Waals surface area contributed by atoms with Crippen molar-refractivity contribution in [1.82, 2.24) is 0 Å². The Bertz CT molecular complexity index is 392. The van der Waals surface area contributed by atoms with Crippen molar-refractivity contribution in [3.8, 4) is 5.75 Å². The van der Waals surface area contributed by atoms with Crippen LogP contribution in [-0.4, -0.2) is 12.4 Å². The molecule has 0 spiro atoms. The Morgan fingerprint density at radius 1 is 1.44 bits per heavy atom. The molecule has 1 aliphatic carbocycles. The molecule has 2 rings (SSSR count). The van der Waals surface area contributed by atoms with Crippen LogP contribution in [0.3, 0.4) is 0 Å². The molecule has 0 aromatic heterocycles. The molecule has 86 valence electrons. The number of ketones is 1. The van der Waals surface area contributed by atoms with Crippen LogP contribution in [0.4, 0.5) is 0 Å². The van der Waals surface area contributed by atoms with Crippen molar-refractivity contribution < 1.29 is 9.53 Å². The van der Waals surface area contributed by atoms with Gasteiger partial charge in [-0.1, -0.05) is 11.6 Å². The molecule has 0 aliphatic heterocycles. The Kier molecular flexibility index (Phi) is 3.28. The van der Waals surface area contributed by atoms with Gasteiger partial charge in [-0.15, -0.1) is 0 Å². The third kappa shape index (κ3) is 2.63. The number of Topliss-reactive ketones (excluding diaryl/α,β-unsaturated/α-hetero) is 1. The van der Waals surface area contributed by atoms with Gasteiger partial charge < -0.3 is 4.74 Å². The van der Waals surface area contributed by atoms with Gasteiger partial charge in [0.05, 0.1) is 12.2 Å². The first kappa shape index (κ1) is 11.2. The molecule has 16 heavy (non-hydrogen) atoms. The van der Waals surface area contributed by atoms with Crippen LogP contribution in [0.25, 0.3) is 0 Å². The van der Waals surface area contributed by atoms with Gasteiger partial charge in [-0.05, 0) is 44.7 Å². The number of aryl methyl sites for hydroxylation is 1. The smallest absolute Gasteiger partial charge is 0.166 e. The lowest BCUT2D eigenvalue weighted by atomic mass is 10.0. The van der Waals surface area contributed by atoms with Gasteiger partial charge in [-0.25, -0.2) is 0 Å². The molecule has 0 amide bonds. The fourth-order valence-electron chi connectivity index (χ4n) is 1.84. The minimum atomic E-state index is 0.231. The fourth-order valence-corrected chi connectivity index (χ4v) is 1.84. The van der Waals surface area contributed by atoms with E-state index in [1.54, 1.807) is 0 Å². The molecule has 1 aliphatic rings. The first-order valence-corrected chi connectivity index (χ1v) is 5.97. The number of hydrogen-bond acceptors (Lipinski definition) is 2. The van der Waals surface area contributed by atoms with Crippen LogP contribution < -0.4 is 4.74 Å². The monoisotopic (exact) mass is 218 g/mol. The molecule has 1 aromatic rings. The average molecular weight is 218 g/mol. The molecule has 2 nitrogen and oxygen atoms in total. The summed E-state index contributed by atoms with van der Waals surface area (Å²) in [6.45, 7) is 4.55. The summed E-state index contributed by atoms with van der Waals surface area (Å²) in [7, 11) is 0. The number of benzene rings is 1. The normalized spacial score (nSPS) is 14.9. The molecule has 0 heterocycles. The van der Waals surface area contributed by atoms with E-state index in [1.165, 1.54) is 12.8 Å². The zero-order chi connectivity index (χ0) is 11.5. The second-order valence-electron chi connectivity index (χ2n) is 4.50. The van der Waals surface area contributed by atoms with E-state index in [2.05, 4.69) is 0 Å². The van der Waals surface area contributed by atoms with E-state index in [0.29, 0.717) is 18.9 Å². The van der Waals surface area contributed by atoms with Crippen LogP contribution in [0, 0.1) is 12.8 Å². The van der Waals surface area contributed by atoms with E-state index in [9.17, 15) is 4.79 Å². The topological polar surface area (TPSA) is 26.3 Å². The Morgan fingerprint density at radius 3 is 2.81 bits per heavy atom. The number of carbonyl (C=O) groups excluding carboxylic acids is 1. The Labute approximate surface area is 96.6 Å². The van der Waals surface area contributed by atoms with Crippen molar-refractivity contribution >= 4 is 5.78 Å². The molecule has 0 unspecified atom stereocenters. The SMILES string of the molecule is CCOc1ccc(C)cc1C(=O)CC1CC1. The van der Waals surface area contributed by atoms with Gasteiger partial charge in [0.15, 0.2) is 5.78 Å². The summed E-state index contributed by atoms with van der Waals surface area (Å²) in [5.74, 6) is 1.59. The third-order valence-electron chi connectivity index (χ3n) is 2.91. The maximum absolute atomic E-state index is 12.1. The minimum Gasteiger partial charge on any atom is -0.493 e. The van der Waals surface area contributed by atoms with Crippen LogP contribution in [0.2, 0.25) is 0 Å². The van der Waals surface area contributed by atoms with E-state index in [1.807, 2.05) is 32.0 Å². The summed E-state index contributed by atoms with van der Waals surface area (Å²) in [5, 5.41) is 0. The summed E-state index contributed by atoms with van der Waals surface area (Å²) in [5.41, 5.74) is 1.87. The van der Waals surface area contributed by atoms with Crippen molar-refractivity contribution in [2.24, 2.45) is 5.92 Å². The van der Waals surface area contributed by atoms with Crippen LogP contribution in [0.5, 0.6) is 5.75 Å². The molecular formula is C14H18O2. The van der Waals surface area contributed by atoms with E-state index in [4.69, 9.17) is 4.74 Å². The standard InChI is InChI=1S/C14H18O2/c1-3-16-14-7-4-10(2)8-12(14)13(15)9-11-5-6-11/h4,7-8,11H,3,5-6,9H2,1-2H3. The molecule has 0 N–H and O–H groups in total. The summed E-state index contributed by atoms with van der Waals surface area (Å²) < 4.78 is 5.49. The zero-order valence-corrected chi connectivity index (χ0v) is 9.95. The lowest BCUT2D eigenvalue weighted by Crippen LogP contribution is -2.05. The Balaban J connectivity index is 2.20. The first-order valence-electron chi connectivity index (χ1n) is 5.97. The van der Waals surface area contributed by atoms with Crippen molar-refractivity contribution in [2.75, 3.05) is 6.61 Å². The van der Waals surface area contributed by atoms with E-state index in [-0.39, 0.29) is 5.78 Å². The number of carbonyl (C=O) groups is 1. The maximum atomic E-state index is 12.1. The van der Waals surface area contributed by atoms with E-state index < -0.39 is 0 Å². The summed E-state index contributed by atoms with van der Waals surface area (Å²) in [6, 6.07) is 5.83. The first-order chi connectivity index (χ1) is 7.70. The number of rotatable bonds is 5. The van der Waals surface area contributed by atoms with Gasteiger partial charge in [-0.3, -0.25) is 4.79 Å².